The Kier molecular flexibility index (Phi) is 3.35. The number of aliphatic hydroxyl groups excluding tert-OH is 1. The molecule has 0 saturated carbocycles. The summed E-state index contributed by atoms with van der Waals surface area (Å²) in [4.78, 5) is 6.97. The zero-order valence-electron chi connectivity index (χ0n) is 11.0. The van der Waals surface area contributed by atoms with Gasteiger partial charge >= 0.3 is 0 Å². The molecule has 1 atom stereocenters. The summed E-state index contributed by atoms with van der Waals surface area (Å²) in [5.41, 5.74) is 0. The molecule has 0 bridgehead atoms. The van der Waals surface area contributed by atoms with Crippen LogP contribution in [0.3, 0.4) is 0 Å². The van der Waals surface area contributed by atoms with Crippen molar-refractivity contribution < 1.29 is 5.11 Å². The SMILES string of the molecule is CN1CCC(Cc2nc3n(n2)C(O)CCC3)CC1. The van der Waals surface area contributed by atoms with Crippen LogP contribution >= 0.6 is 0 Å². The third kappa shape index (κ3) is 2.42. The monoisotopic (exact) mass is 250 g/mol. The van der Waals surface area contributed by atoms with Crippen molar-refractivity contribution in [3.8, 4) is 0 Å². The molecule has 2 aliphatic heterocycles. The van der Waals surface area contributed by atoms with Crippen molar-refractivity contribution in [2.24, 2.45) is 5.92 Å². The number of hydrogen-bond donors (Lipinski definition) is 1. The standard InChI is InChI=1S/C13H22N4O/c1-16-7-5-10(6-8-16)9-11-14-12-3-2-4-13(18)17(12)15-11/h10,13,18H,2-9H2,1H3. The van der Waals surface area contributed by atoms with Gasteiger partial charge in [0.15, 0.2) is 5.82 Å². The first-order valence-electron chi connectivity index (χ1n) is 7.03. The van der Waals surface area contributed by atoms with Gasteiger partial charge in [-0.3, -0.25) is 0 Å². The Labute approximate surface area is 108 Å². The molecule has 3 heterocycles. The van der Waals surface area contributed by atoms with Crippen LogP contribution in [-0.2, 0) is 12.8 Å². The maximum absolute atomic E-state index is 9.87. The predicted octanol–water partition coefficient (Wildman–Crippen LogP) is 0.990. The second-order valence-corrected chi connectivity index (χ2v) is 5.71. The van der Waals surface area contributed by atoms with Gasteiger partial charge in [-0.25, -0.2) is 9.67 Å². The van der Waals surface area contributed by atoms with E-state index >= 15 is 0 Å². The average molecular weight is 250 g/mol. The van der Waals surface area contributed by atoms with Gasteiger partial charge in [-0.2, -0.15) is 5.10 Å². The van der Waals surface area contributed by atoms with Crippen LogP contribution in [0.5, 0.6) is 0 Å². The predicted molar refractivity (Wildman–Crippen MR) is 68.1 cm³/mol. The molecule has 1 fully saturated rings. The van der Waals surface area contributed by atoms with Crippen molar-refractivity contribution in [2.75, 3.05) is 20.1 Å². The average Bonchev–Trinajstić information content (AvgIpc) is 2.76. The molecular weight excluding hydrogens is 228 g/mol. The Morgan fingerprint density at radius 3 is 2.78 bits per heavy atom. The van der Waals surface area contributed by atoms with Crippen LogP contribution in [0, 0.1) is 5.92 Å². The molecular formula is C13H22N4O. The maximum Gasteiger partial charge on any atom is 0.151 e. The summed E-state index contributed by atoms with van der Waals surface area (Å²) in [6.45, 7) is 2.36. The van der Waals surface area contributed by atoms with E-state index in [4.69, 9.17) is 0 Å². The molecule has 1 saturated heterocycles. The molecule has 0 spiro atoms. The smallest absolute Gasteiger partial charge is 0.151 e. The first-order valence-corrected chi connectivity index (χ1v) is 7.03. The zero-order chi connectivity index (χ0) is 12.5. The van der Waals surface area contributed by atoms with E-state index in [0.29, 0.717) is 5.92 Å². The summed E-state index contributed by atoms with van der Waals surface area (Å²) in [7, 11) is 2.18. The van der Waals surface area contributed by atoms with Gasteiger partial charge in [0.2, 0.25) is 0 Å². The Hall–Kier alpha value is -0.940. The van der Waals surface area contributed by atoms with Crippen molar-refractivity contribution in [3.63, 3.8) is 0 Å². The van der Waals surface area contributed by atoms with Crippen LogP contribution in [0.25, 0.3) is 0 Å². The van der Waals surface area contributed by atoms with Gasteiger partial charge in [-0.1, -0.05) is 0 Å². The number of rotatable bonds is 2. The Bertz CT molecular complexity index is 409. The molecule has 0 radical (unpaired) electrons. The largest absolute Gasteiger partial charge is 0.372 e. The zero-order valence-corrected chi connectivity index (χ0v) is 11.0. The van der Waals surface area contributed by atoms with Crippen LogP contribution in [0.2, 0.25) is 0 Å². The fourth-order valence-electron chi connectivity index (χ4n) is 2.99. The highest BCUT2D eigenvalue weighted by Gasteiger charge is 2.23. The third-order valence-electron chi connectivity index (χ3n) is 4.20. The highest BCUT2D eigenvalue weighted by atomic mass is 16.3. The van der Waals surface area contributed by atoms with E-state index in [1.807, 2.05) is 0 Å². The van der Waals surface area contributed by atoms with Crippen molar-refractivity contribution in [1.29, 1.82) is 0 Å². The molecule has 0 aromatic carbocycles. The lowest BCUT2D eigenvalue weighted by Crippen LogP contribution is -2.31. The third-order valence-corrected chi connectivity index (χ3v) is 4.20. The molecule has 5 nitrogen and oxygen atoms in total. The van der Waals surface area contributed by atoms with E-state index in [9.17, 15) is 5.11 Å². The molecule has 3 rings (SSSR count). The quantitative estimate of drug-likeness (QED) is 0.850. The van der Waals surface area contributed by atoms with Gasteiger partial charge < -0.3 is 10.0 Å². The van der Waals surface area contributed by atoms with E-state index in [-0.39, 0.29) is 0 Å². The van der Waals surface area contributed by atoms with Gasteiger partial charge in [-0.15, -0.1) is 0 Å². The number of fused-ring (bicyclic) bond motifs is 1. The summed E-state index contributed by atoms with van der Waals surface area (Å²) in [5.74, 6) is 2.61. The fraction of sp³-hybridized carbons (Fsp3) is 0.846. The minimum absolute atomic E-state index is 0.451. The van der Waals surface area contributed by atoms with Gasteiger partial charge in [0.05, 0.1) is 0 Å². The molecule has 5 heteroatoms. The molecule has 1 aromatic heterocycles. The summed E-state index contributed by atoms with van der Waals surface area (Å²) in [6, 6.07) is 0. The minimum atomic E-state index is -0.451. The normalized spacial score (nSPS) is 26.2. The Morgan fingerprint density at radius 1 is 1.28 bits per heavy atom. The van der Waals surface area contributed by atoms with Gasteiger partial charge in [0.25, 0.3) is 0 Å². The van der Waals surface area contributed by atoms with E-state index in [0.717, 1.165) is 37.3 Å². The van der Waals surface area contributed by atoms with Gasteiger partial charge in [-0.05, 0) is 51.7 Å². The maximum atomic E-state index is 9.87. The Morgan fingerprint density at radius 2 is 2.06 bits per heavy atom. The number of piperidine rings is 1. The number of nitrogens with zero attached hydrogens (tertiary/aromatic N) is 4. The first-order chi connectivity index (χ1) is 8.72. The highest BCUT2D eigenvalue weighted by Crippen LogP contribution is 2.23. The van der Waals surface area contributed by atoms with E-state index < -0.39 is 6.23 Å². The number of hydrogen-bond acceptors (Lipinski definition) is 4. The second kappa shape index (κ2) is 4.97. The number of aromatic nitrogens is 3. The highest BCUT2D eigenvalue weighted by molar-refractivity contribution is 4.98. The van der Waals surface area contributed by atoms with Crippen molar-refractivity contribution in [2.45, 2.75) is 44.8 Å². The van der Waals surface area contributed by atoms with Crippen molar-refractivity contribution >= 4 is 0 Å². The molecule has 0 amide bonds. The van der Waals surface area contributed by atoms with Crippen LogP contribution in [0.15, 0.2) is 0 Å². The van der Waals surface area contributed by atoms with Gasteiger partial charge in [0, 0.05) is 12.8 Å². The van der Waals surface area contributed by atoms with E-state index in [1.54, 1.807) is 4.68 Å². The van der Waals surface area contributed by atoms with Crippen LogP contribution in [0.4, 0.5) is 0 Å². The van der Waals surface area contributed by atoms with Crippen molar-refractivity contribution in [3.05, 3.63) is 11.6 Å². The Balaban J connectivity index is 1.66. The van der Waals surface area contributed by atoms with E-state index in [2.05, 4.69) is 22.0 Å². The molecule has 2 aliphatic rings. The van der Waals surface area contributed by atoms with Crippen molar-refractivity contribution in [1.82, 2.24) is 19.7 Å². The topological polar surface area (TPSA) is 54.2 Å². The lowest BCUT2D eigenvalue weighted by atomic mass is 9.94. The minimum Gasteiger partial charge on any atom is -0.372 e. The molecule has 0 aliphatic carbocycles. The molecule has 18 heavy (non-hydrogen) atoms. The lowest BCUT2D eigenvalue weighted by molar-refractivity contribution is 0.0642. The molecule has 100 valence electrons. The summed E-state index contributed by atoms with van der Waals surface area (Å²) >= 11 is 0. The van der Waals surface area contributed by atoms with Crippen LogP contribution in [0.1, 0.15) is 43.6 Å². The van der Waals surface area contributed by atoms with Gasteiger partial charge in [0.1, 0.15) is 12.1 Å². The second-order valence-electron chi connectivity index (χ2n) is 5.71. The van der Waals surface area contributed by atoms with E-state index in [1.165, 1.54) is 25.9 Å². The number of aliphatic hydroxyl groups is 1. The molecule has 1 unspecified atom stereocenters. The molecule has 1 aromatic rings. The molecule has 1 N–H and O–H groups in total. The summed E-state index contributed by atoms with van der Waals surface area (Å²) in [6.07, 6.45) is 5.79. The lowest BCUT2D eigenvalue weighted by Gasteiger charge is -2.28. The fourth-order valence-corrected chi connectivity index (χ4v) is 2.99. The number of aryl methyl sites for hydroxylation is 1. The summed E-state index contributed by atoms with van der Waals surface area (Å²) in [5, 5.41) is 14.4. The first kappa shape index (κ1) is 12.1. The van der Waals surface area contributed by atoms with Crippen LogP contribution in [-0.4, -0.2) is 44.9 Å². The van der Waals surface area contributed by atoms with Crippen LogP contribution < -0.4 is 0 Å². The number of likely N-dealkylation sites (tertiary alicyclic amines) is 1. The summed E-state index contributed by atoms with van der Waals surface area (Å²) < 4.78 is 1.73.